The Bertz CT molecular complexity index is 782. The van der Waals surface area contributed by atoms with E-state index in [1.54, 1.807) is 25.3 Å². The maximum absolute atomic E-state index is 12.2. The number of fused-ring (bicyclic) bond motifs is 1. The van der Waals surface area contributed by atoms with Gasteiger partial charge in [-0.1, -0.05) is 11.6 Å². The number of methoxy groups -OCH3 is 2. The van der Waals surface area contributed by atoms with Crippen molar-refractivity contribution in [2.24, 2.45) is 0 Å². The van der Waals surface area contributed by atoms with Crippen LogP contribution in [0.4, 0.5) is 10.5 Å². The summed E-state index contributed by atoms with van der Waals surface area (Å²) in [6.45, 7) is 0.413. The van der Waals surface area contributed by atoms with Crippen molar-refractivity contribution in [1.82, 2.24) is 5.32 Å². The van der Waals surface area contributed by atoms with Gasteiger partial charge in [-0.05, 0) is 48.4 Å². The summed E-state index contributed by atoms with van der Waals surface area (Å²) in [6.07, 6.45) is 0.670. The topological polar surface area (TPSA) is 68.8 Å². The molecule has 0 aromatic heterocycles. The second kappa shape index (κ2) is 7.53. The number of ether oxygens (including phenoxy) is 3. The number of urea groups is 1. The van der Waals surface area contributed by atoms with Crippen LogP contribution in [0.5, 0.6) is 17.2 Å². The van der Waals surface area contributed by atoms with Crippen molar-refractivity contribution >= 4 is 23.3 Å². The number of nitrogens with one attached hydrogen (secondary N) is 2. The highest BCUT2D eigenvalue weighted by Gasteiger charge is 2.22. The minimum absolute atomic E-state index is 0.131. The first-order valence-corrected chi connectivity index (χ1v) is 8.17. The fourth-order valence-electron chi connectivity index (χ4n) is 2.69. The van der Waals surface area contributed by atoms with Crippen molar-refractivity contribution in [3.05, 3.63) is 47.0 Å². The molecule has 0 aliphatic carbocycles. The van der Waals surface area contributed by atoms with E-state index >= 15 is 0 Å². The highest BCUT2D eigenvalue weighted by atomic mass is 35.5. The van der Waals surface area contributed by atoms with Crippen LogP contribution in [0.15, 0.2) is 36.4 Å². The number of hydrogen-bond donors (Lipinski definition) is 2. The van der Waals surface area contributed by atoms with Gasteiger partial charge in [0.05, 0.1) is 25.3 Å². The van der Waals surface area contributed by atoms with Gasteiger partial charge in [-0.2, -0.15) is 0 Å². The molecule has 0 saturated carbocycles. The summed E-state index contributed by atoms with van der Waals surface area (Å²) in [5.41, 5.74) is 1.59. The average Bonchev–Trinajstić information content (AvgIpc) is 2.61. The zero-order valence-electron chi connectivity index (χ0n) is 14.0. The lowest BCUT2D eigenvalue weighted by atomic mass is 10.0. The van der Waals surface area contributed by atoms with E-state index in [4.69, 9.17) is 25.8 Å². The van der Waals surface area contributed by atoms with Crippen LogP contribution in [0, 0.1) is 0 Å². The molecule has 2 aromatic rings. The molecule has 1 atom stereocenters. The van der Waals surface area contributed by atoms with E-state index in [1.807, 2.05) is 18.2 Å². The number of anilines is 1. The van der Waals surface area contributed by atoms with Crippen LogP contribution in [0.1, 0.15) is 5.56 Å². The molecule has 0 spiro atoms. The van der Waals surface area contributed by atoms with Crippen molar-refractivity contribution in [1.29, 1.82) is 0 Å². The van der Waals surface area contributed by atoms with Crippen LogP contribution in [0.25, 0.3) is 0 Å². The zero-order valence-corrected chi connectivity index (χ0v) is 14.7. The molecule has 0 radical (unpaired) electrons. The van der Waals surface area contributed by atoms with E-state index in [0.29, 0.717) is 29.5 Å². The Morgan fingerprint density at radius 2 is 2.04 bits per heavy atom. The molecule has 1 aliphatic heterocycles. The predicted octanol–water partition coefficient (Wildman–Crippen LogP) is 3.48. The highest BCUT2D eigenvalue weighted by Crippen LogP contribution is 2.29. The molecule has 0 fully saturated rings. The summed E-state index contributed by atoms with van der Waals surface area (Å²) in [4.78, 5) is 12.2. The number of halogens is 1. The first-order valence-electron chi connectivity index (χ1n) is 7.80. The van der Waals surface area contributed by atoms with Gasteiger partial charge in [0.1, 0.15) is 23.9 Å². The minimum atomic E-state index is -0.318. The van der Waals surface area contributed by atoms with Gasteiger partial charge >= 0.3 is 6.03 Å². The number of amides is 2. The number of carbonyl (C=O) groups is 1. The number of rotatable bonds is 4. The average molecular weight is 363 g/mol. The lowest BCUT2D eigenvalue weighted by molar-refractivity contribution is 0.222. The van der Waals surface area contributed by atoms with E-state index in [9.17, 15) is 4.79 Å². The van der Waals surface area contributed by atoms with E-state index in [0.717, 1.165) is 17.1 Å². The van der Waals surface area contributed by atoms with E-state index in [-0.39, 0.29) is 12.1 Å². The third-order valence-corrected chi connectivity index (χ3v) is 4.21. The summed E-state index contributed by atoms with van der Waals surface area (Å²) in [5.74, 6) is 2.14. The lowest BCUT2D eigenvalue weighted by Gasteiger charge is -2.26. The molecule has 0 bridgehead atoms. The SMILES string of the molecule is COc1ccc2c(c1)C[C@@H](NC(=O)Nc1ccc(OC)c(Cl)c1)CO2. The normalized spacial score (nSPS) is 15.6. The summed E-state index contributed by atoms with van der Waals surface area (Å²) in [6, 6.07) is 10.3. The molecule has 0 unspecified atom stereocenters. The van der Waals surface area contributed by atoms with Crippen molar-refractivity contribution < 1.29 is 19.0 Å². The fourth-order valence-corrected chi connectivity index (χ4v) is 2.94. The molecule has 2 N–H and O–H groups in total. The van der Waals surface area contributed by atoms with Crippen LogP contribution in [-0.2, 0) is 6.42 Å². The molecule has 132 valence electrons. The molecule has 1 aliphatic rings. The van der Waals surface area contributed by atoms with Gasteiger partial charge in [-0.25, -0.2) is 4.79 Å². The third kappa shape index (κ3) is 4.09. The Hall–Kier alpha value is -2.60. The maximum atomic E-state index is 12.2. The molecule has 1 heterocycles. The van der Waals surface area contributed by atoms with Crippen LogP contribution in [-0.4, -0.2) is 32.9 Å². The van der Waals surface area contributed by atoms with Gasteiger partial charge in [-0.15, -0.1) is 0 Å². The van der Waals surface area contributed by atoms with Gasteiger partial charge in [0.15, 0.2) is 0 Å². The van der Waals surface area contributed by atoms with E-state index in [2.05, 4.69) is 10.6 Å². The number of benzene rings is 2. The van der Waals surface area contributed by atoms with Crippen molar-refractivity contribution in [3.63, 3.8) is 0 Å². The summed E-state index contributed by atoms with van der Waals surface area (Å²) in [7, 11) is 3.16. The molecule has 2 amide bonds. The van der Waals surface area contributed by atoms with Crippen LogP contribution >= 0.6 is 11.6 Å². The summed E-state index contributed by atoms with van der Waals surface area (Å²) >= 11 is 6.06. The first kappa shape index (κ1) is 17.2. The quantitative estimate of drug-likeness (QED) is 0.873. The van der Waals surface area contributed by atoms with Gasteiger partial charge in [-0.3, -0.25) is 0 Å². The third-order valence-electron chi connectivity index (χ3n) is 3.92. The van der Waals surface area contributed by atoms with Crippen LogP contribution in [0.2, 0.25) is 5.02 Å². The Labute approximate surface area is 151 Å². The van der Waals surface area contributed by atoms with Crippen molar-refractivity contribution in [2.75, 3.05) is 26.1 Å². The van der Waals surface area contributed by atoms with E-state index in [1.165, 1.54) is 7.11 Å². The van der Waals surface area contributed by atoms with Gasteiger partial charge < -0.3 is 24.8 Å². The Morgan fingerprint density at radius 3 is 2.76 bits per heavy atom. The second-order valence-corrected chi connectivity index (χ2v) is 6.04. The lowest BCUT2D eigenvalue weighted by Crippen LogP contribution is -2.44. The molecule has 7 heteroatoms. The molecule has 25 heavy (non-hydrogen) atoms. The number of carbonyl (C=O) groups excluding carboxylic acids is 1. The molecular formula is C18H19ClN2O4. The molecule has 3 rings (SSSR count). The monoisotopic (exact) mass is 362 g/mol. The van der Waals surface area contributed by atoms with Crippen molar-refractivity contribution in [3.8, 4) is 17.2 Å². The number of hydrogen-bond acceptors (Lipinski definition) is 4. The largest absolute Gasteiger partial charge is 0.497 e. The van der Waals surface area contributed by atoms with Crippen LogP contribution in [0.3, 0.4) is 0 Å². The Kier molecular flexibility index (Phi) is 5.19. The van der Waals surface area contributed by atoms with Gasteiger partial charge in [0.2, 0.25) is 0 Å². The minimum Gasteiger partial charge on any atom is -0.497 e. The zero-order chi connectivity index (χ0) is 17.8. The van der Waals surface area contributed by atoms with Gasteiger partial charge in [0, 0.05) is 5.69 Å². The molecule has 2 aromatic carbocycles. The standard InChI is InChI=1S/C18H19ClN2O4/c1-23-14-4-6-16-11(8-14)7-13(10-25-16)21-18(22)20-12-3-5-17(24-2)15(19)9-12/h3-6,8-9,13H,7,10H2,1-2H3,(H2,20,21,22)/t13-/m1/s1. The molecular weight excluding hydrogens is 344 g/mol. The first-order chi connectivity index (χ1) is 12.1. The second-order valence-electron chi connectivity index (χ2n) is 5.63. The predicted molar refractivity (Wildman–Crippen MR) is 96.1 cm³/mol. The van der Waals surface area contributed by atoms with E-state index < -0.39 is 0 Å². The van der Waals surface area contributed by atoms with Crippen LogP contribution < -0.4 is 24.8 Å². The Morgan fingerprint density at radius 1 is 1.20 bits per heavy atom. The molecule has 6 nitrogen and oxygen atoms in total. The smallest absolute Gasteiger partial charge is 0.319 e. The summed E-state index contributed by atoms with van der Waals surface area (Å²) < 4.78 is 16.0. The Balaban J connectivity index is 1.61. The van der Waals surface area contributed by atoms with Gasteiger partial charge in [0.25, 0.3) is 0 Å². The molecule has 0 saturated heterocycles. The summed E-state index contributed by atoms with van der Waals surface area (Å²) in [5, 5.41) is 6.09. The highest BCUT2D eigenvalue weighted by molar-refractivity contribution is 6.32. The fraction of sp³-hybridized carbons (Fsp3) is 0.278. The van der Waals surface area contributed by atoms with Crippen molar-refractivity contribution in [2.45, 2.75) is 12.5 Å². The maximum Gasteiger partial charge on any atom is 0.319 e.